The number of hydrogen-bond donors (Lipinski definition) is 0. The van der Waals surface area contributed by atoms with Crippen molar-refractivity contribution in [2.24, 2.45) is 23.7 Å². The van der Waals surface area contributed by atoms with Crippen LogP contribution < -0.4 is 9.79 Å². The van der Waals surface area contributed by atoms with E-state index in [-0.39, 0.29) is 17.1 Å². The average molecular weight is 546 g/mol. The summed E-state index contributed by atoms with van der Waals surface area (Å²) < 4.78 is 10.3. The van der Waals surface area contributed by atoms with Gasteiger partial charge in [0.05, 0.1) is 13.2 Å². The van der Waals surface area contributed by atoms with Gasteiger partial charge in [-0.2, -0.15) is 0 Å². The van der Waals surface area contributed by atoms with Crippen molar-refractivity contribution in [3.05, 3.63) is 0 Å². The molecular formula is C16H36CuO4P2S4. The molecule has 0 aliphatic heterocycles. The zero-order valence-corrected chi connectivity index (χ0v) is 23.6. The molecule has 0 aliphatic carbocycles. The molecule has 11 heteroatoms. The average Bonchev–Trinajstić information content (AvgIpc) is 2.48. The third kappa shape index (κ3) is 28.4. The summed E-state index contributed by atoms with van der Waals surface area (Å²) in [6.45, 7) is 17.3. The van der Waals surface area contributed by atoms with E-state index in [0.717, 1.165) is 11.5 Å². The molecule has 0 fully saturated rings. The van der Waals surface area contributed by atoms with Crippen molar-refractivity contribution in [1.82, 2.24) is 0 Å². The first-order valence-electron chi connectivity index (χ1n) is 8.87. The van der Waals surface area contributed by atoms with Gasteiger partial charge in [-0.25, -0.2) is 0 Å². The first-order chi connectivity index (χ1) is 11.7. The van der Waals surface area contributed by atoms with E-state index in [1.807, 2.05) is 27.7 Å². The fraction of sp³-hybridized carbons (Fsp3) is 1.00. The van der Waals surface area contributed by atoms with Crippen LogP contribution in [0.25, 0.3) is 0 Å². The van der Waals surface area contributed by atoms with Crippen LogP contribution in [0.5, 0.6) is 0 Å². The molecule has 2 atom stereocenters. The molecule has 0 saturated carbocycles. The summed E-state index contributed by atoms with van der Waals surface area (Å²) in [6, 6.07) is 0. The van der Waals surface area contributed by atoms with Crippen LogP contribution >= 0.6 is 34.2 Å². The topological polar surface area (TPSA) is 64.6 Å². The number of rotatable bonds is 12. The Morgan fingerprint density at radius 1 is 0.667 bits per heavy atom. The predicted octanol–water partition coefficient (Wildman–Crippen LogP) is 5.26. The summed E-state index contributed by atoms with van der Waals surface area (Å²) in [5, 5.41) is 0. The minimum absolute atomic E-state index is 0. The first kappa shape index (κ1) is 34.0. The molecule has 0 amide bonds. The Kier molecular flexibility index (Phi) is 22.6. The van der Waals surface area contributed by atoms with Crippen LogP contribution in [0.4, 0.5) is 0 Å². The van der Waals surface area contributed by atoms with E-state index in [1.165, 1.54) is 22.8 Å². The van der Waals surface area contributed by atoms with Crippen LogP contribution in [-0.4, -0.2) is 24.7 Å². The Balaban J connectivity index is -0.000000411. The minimum Gasteiger partial charge on any atom is -0.793 e. The smallest absolute Gasteiger partial charge is 0.793 e. The zero-order chi connectivity index (χ0) is 21.0. The van der Waals surface area contributed by atoms with Gasteiger partial charge in [0.15, 0.2) is 0 Å². The van der Waals surface area contributed by atoms with Gasteiger partial charge in [-0.05, 0) is 23.7 Å². The van der Waals surface area contributed by atoms with E-state index < -0.39 is 11.4 Å². The van der Waals surface area contributed by atoms with E-state index in [4.69, 9.17) is 32.7 Å². The maximum atomic E-state index is 11.6. The molecule has 0 aromatic carbocycles. The van der Waals surface area contributed by atoms with Crippen molar-refractivity contribution in [2.75, 3.05) is 24.7 Å². The summed E-state index contributed by atoms with van der Waals surface area (Å²) in [5.41, 5.74) is -5.60. The summed E-state index contributed by atoms with van der Waals surface area (Å²) in [4.78, 5) is 23.2. The Hall–Kier alpha value is 2.36. The fourth-order valence-corrected chi connectivity index (χ4v) is 8.27. The van der Waals surface area contributed by atoms with Gasteiger partial charge in [-0.1, -0.05) is 79.0 Å². The fourth-order valence-electron chi connectivity index (χ4n) is 1.04. The van der Waals surface area contributed by atoms with E-state index in [0.29, 0.717) is 36.9 Å². The monoisotopic (exact) mass is 545 g/mol. The molecule has 1 radical (unpaired) electrons. The Bertz CT molecular complexity index is 380. The van der Waals surface area contributed by atoms with Gasteiger partial charge in [-0.3, -0.25) is 0 Å². The van der Waals surface area contributed by atoms with Crippen molar-refractivity contribution in [3.63, 3.8) is 0 Å². The van der Waals surface area contributed by atoms with Crippen molar-refractivity contribution in [1.29, 1.82) is 0 Å². The van der Waals surface area contributed by atoms with Gasteiger partial charge in [0.1, 0.15) is 0 Å². The van der Waals surface area contributed by atoms with Crippen LogP contribution in [-0.2, 0) is 49.7 Å². The predicted molar refractivity (Wildman–Crippen MR) is 125 cm³/mol. The summed E-state index contributed by atoms with van der Waals surface area (Å²) in [7, 11) is 0. The van der Waals surface area contributed by atoms with Crippen LogP contribution in [0, 0.1) is 23.7 Å². The summed E-state index contributed by atoms with van der Waals surface area (Å²) >= 11 is 12.3. The number of hydrogen-bond acceptors (Lipinski definition) is 8. The molecule has 0 aromatic heterocycles. The Morgan fingerprint density at radius 3 is 1.11 bits per heavy atom. The van der Waals surface area contributed by atoms with Gasteiger partial charge in [0.25, 0.3) is 0 Å². The molecule has 0 aromatic rings. The molecule has 0 rings (SSSR count). The van der Waals surface area contributed by atoms with Crippen LogP contribution in [0.15, 0.2) is 0 Å². The second-order valence-corrected chi connectivity index (χ2v) is 19.8. The quantitative estimate of drug-likeness (QED) is 0.243. The van der Waals surface area contributed by atoms with Gasteiger partial charge >= 0.3 is 17.1 Å². The third-order valence-electron chi connectivity index (χ3n) is 2.26. The SMILES string of the molecule is CC(C)COP([O-])(=S)SCC(C)C.CC(C)COP([O-])(=S)SCC(C)C.[Cu+2]. The largest absolute Gasteiger partial charge is 2.00 e. The molecule has 169 valence electrons. The molecule has 0 heterocycles. The molecule has 0 spiro atoms. The molecule has 27 heavy (non-hydrogen) atoms. The second-order valence-electron chi connectivity index (χ2n) is 7.65. The van der Waals surface area contributed by atoms with Crippen LogP contribution in [0.3, 0.4) is 0 Å². The zero-order valence-electron chi connectivity index (χ0n) is 17.6. The summed E-state index contributed by atoms with van der Waals surface area (Å²) in [6.07, 6.45) is 0. The maximum Gasteiger partial charge on any atom is 2.00 e. The molecule has 4 nitrogen and oxygen atoms in total. The standard InChI is InChI=1S/2C8H19O2PS2.Cu/c2*1-7(2)5-10-11(9,12)13-6-8(3)4;/h2*7-8H,5-6H2,1-4H3,(H,9,12);/q;;+2/p-2. The summed E-state index contributed by atoms with van der Waals surface area (Å²) in [5.74, 6) is 3.39. The molecule has 0 aliphatic rings. The van der Waals surface area contributed by atoms with Crippen molar-refractivity contribution >= 4 is 57.8 Å². The Morgan fingerprint density at radius 2 is 0.926 bits per heavy atom. The van der Waals surface area contributed by atoms with E-state index in [2.05, 4.69) is 27.7 Å². The van der Waals surface area contributed by atoms with Gasteiger partial charge in [0, 0.05) is 22.9 Å². The second kappa shape index (κ2) is 18.0. The van der Waals surface area contributed by atoms with Gasteiger partial charge in [-0.15, -0.1) is 22.8 Å². The van der Waals surface area contributed by atoms with Crippen molar-refractivity contribution in [3.8, 4) is 0 Å². The van der Waals surface area contributed by atoms with Crippen molar-refractivity contribution in [2.45, 2.75) is 55.4 Å². The van der Waals surface area contributed by atoms with Crippen LogP contribution in [0.2, 0.25) is 0 Å². The maximum absolute atomic E-state index is 11.6. The van der Waals surface area contributed by atoms with Crippen molar-refractivity contribution < 1.29 is 35.9 Å². The van der Waals surface area contributed by atoms with E-state index >= 15 is 0 Å². The molecule has 0 saturated heterocycles. The molecular weight excluding hydrogens is 510 g/mol. The third-order valence-corrected chi connectivity index (χ3v) is 11.4. The van der Waals surface area contributed by atoms with Gasteiger partial charge in [0.2, 0.25) is 0 Å². The molecule has 0 bridgehead atoms. The van der Waals surface area contributed by atoms with E-state index in [1.54, 1.807) is 0 Å². The van der Waals surface area contributed by atoms with Gasteiger partial charge < -0.3 is 18.8 Å². The van der Waals surface area contributed by atoms with E-state index in [9.17, 15) is 9.79 Å². The Labute approximate surface area is 196 Å². The minimum atomic E-state index is -2.80. The normalized spacial score (nSPS) is 15.9. The van der Waals surface area contributed by atoms with Crippen LogP contribution in [0.1, 0.15) is 55.4 Å². The molecule has 2 unspecified atom stereocenters. The molecule has 0 N–H and O–H groups in total. The first-order valence-corrected chi connectivity index (χ1v) is 17.3.